The van der Waals surface area contributed by atoms with Crippen LogP contribution in [0.3, 0.4) is 0 Å². The average Bonchev–Trinajstić information content (AvgIpc) is 3.06. The Hall–Kier alpha value is -2.22. The summed E-state index contributed by atoms with van der Waals surface area (Å²) in [6.07, 6.45) is 2.28. The van der Waals surface area contributed by atoms with Crippen molar-refractivity contribution < 1.29 is 14.0 Å². The maximum Gasteiger partial charge on any atom is 0.286 e. The van der Waals surface area contributed by atoms with Crippen molar-refractivity contribution in [2.45, 2.75) is 12.8 Å². The Morgan fingerprint density at radius 2 is 2.32 bits per heavy atom. The molecule has 19 heavy (non-hydrogen) atoms. The molecule has 0 saturated heterocycles. The molecule has 2 rings (SSSR count). The van der Waals surface area contributed by atoms with E-state index in [0.717, 1.165) is 0 Å². The molecule has 7 nitrogen and oxygen atoms in total. The van der Waals surface area contributed by atoms with Crippen LogP contribution in [0.15, 0.2) is 28.3 Å². The van der Waals surface area contributed by atoms with Gasteiger partial charge in [-0.05, 0) is 18.6 Å². The molecule has 0 bridgehead atoms. The number of nitrogens with one attached hydrogen (secondary N) is 2. The van der Waals surface area contributed by atoms with Crippen molar-refractivity contribution in [3.05, 3.63) is 29.7 Å². The number of carbonyl (C=O) groups is 2. The van der Waals surface area contributed by atoms with Gasteiger partial charge in [0.1, 0.15) is 5.51 Å². The zero-order valence-electron chi connectivity index (χ0n) is 9.96. The lowest BCUT2D eigenvalue weighted by molar-refractivity contribution is -0.116. The minimum absolute atomic E-state index is 0.149. The number of anilines is 1. The van der Waals surface area contributed by atoms with Crippen LogP contribution < -0.4 is 10.6 Å². The molecule has 2 N–H and O–H groups in total. The van der Waals surface area contributed by atoms with Crippen molar-refractivity contribution in [3.8, 4) is 0 Å². The Balaban J connectivity index is 1.61. The molecular formula is C11H12N4O3S. The molecule has 0 aromatic carbocycles. The Labute approximate surface area is 113 Å². The lowest BCUT2D eigenvalue weighted by atomic mass is 10.3. The number of rotatable bonds is 6. The zero-order chi connectivity index (χ0) is 13.5. The monoisotopic (exact) mass is 280 g/mol. The topological polar surface area (TPSA) is 97.1 Å². The van der Waals surface area contributed by atoms with Crippen molar-refractivity contribution in [1.29, 1.82) is 0 Å². The minimum atomic E-state index is -0.283. The van der Waals surface area contributed by atoms with Gasteiger partial charge in [0.2, 0.25) is 11.0 Å². The minimum Gasteiger partial charge on any atom is -0.459 e. The third-order valence-corrected chi connectivity index (χ3v) is 2.82. The SMILES string of the molecule is O=C(CCCNC(=O)c1ccco1)Nc1nncs1. The molecule has 2 amide bonds. The van der Waals surface area contributed by atoms with Crippen molar-refractivity contribution in [2.75, 3.05) is 11.9 Å². The van der Waals surface area contributed by atoms with Gasteiger partial charge >= 0.3 is 0 Å². The predicted octanol–water partition coefficient (Wildman–Crippen LogP) is 1.28. The van der Waals surface area contributed by atoms with E-state index in [1.807, 2.05) is 0 Å². The van der Waals surface area contributed by atoms with E-state index < -0.39 is 0 Å². The van der Waals surface area contributed by atoms with Gasteiger partial charge in [0.15, 0.2) is 5.76 Å². The fraction of sp³-hybridized carbons (Fsp3) is 0.273. The van der Waals surface area contributed by atoms with Crippen molar-refractivity contribution >= 4 is 28.3 Å². The second-order valence-corrected chi connectivity index (χ2v) is 4.46. The summed E-state index contributed by atoms with van der Waals surface area (Å²) in [5, 5.41) is 13.1. The van der Waals surface area contributed by atoms with E-state index in [9.17, 15) is 9.59 Å². The largest absolute Gasteiger partial charge is 0.459 e. The van der Waals surface area contributed by atoms with Gasteiger partial charge in [-0.3, -0.25) is 9.59 Å². The quantitative estimate of drug-likeness (QED) is 0.777. The molecule has 0 aliphatic carbocycles. The number of amides is 2. The van der Waals surface area contributed by atoms with Gasteiger partial charge in [0.05, 0.1) is 6.26 Å². The van der Waals surface area contributed by atoms with Crippen LogP contribution in [0, 0.1) is 0 Å². The van der Waals surface area contributed by atoms with E-state index in [1.165, 1.54) is 17.6 Å². The van der Waals surface area contributed by atoms with Gasteiger partial charge in [-0.1, -0.05) is 11.3 Å². The van der Waals surface area contributed by atoms with Crippen LogP contribution in [0.1, 0.15) is 23.4 Å². The molecule has 0 atom stereocenters. The summed E-state index contributed by atoms with van der Waals surface area (Å²) in [7, 11) is 0. The Bertz CT molecular complexity index is 524. The molecule has 0 aliphatic heterocycles. The highest BCUT2D eigenvalue weighted by molar-refractivity contribution is 7.13. The predicted molar refractivity (Wildman–Crippen MR) is 68.8 cm³/mol. The Kier molecular flexibility index (Phi) is 4.62. The standard InChI is InChI=1S/C11H12N4O3S/c16-9(14-11-15-13-7-19-11)4-1-5-12-10(17)8-3-2-6-18-8/h2-3,6-7H,1,4-5H2,(H,12,17)(H,14,15,16). The first-order chi connectivity index (χ1) is 9.25. The second-order valence-electron chi connectivity index (χ2n) is 3.63. The van der Waals surface area contributed by atoms with Crippen LogP contribution in [0.2, 0.25) is 0 Å². The van der Waals surface area contributed by atoms with Crippen molar-refractivity contribution in [2.24, 2.45) is 0 Å². The van der Waals surface area contributed by atoms with Crippen LogP contribution in [0.5, 0.6) is 0 Å². The molecule has 2 heterocycles. The van der Waals surface area contributed by atoms with E-state index in [0.29, 0.717) is 24.5 Å². The van der Waals surface area contributed by atoms with Gasteiger partial charge in [0.25, 0.3) is 5.91 Å². The first-order valence-corrected chi connectivity index (χ1v) is 6.51. The van der Waals surface area contributed by atoms with Gasteiger partial charge < -0.3 is 15.1 Å². The molecule has 100 valence electrons. The molecule has 2 aromatic rings. The van der Waals surface area contributed by atoms with Crippen molar-refractivity contribution in [1.82, 2.24) is 15.5 Å². The highest BCUT2D eigenvalue weighted by atomic mass is 32.1. The van der Waals surface area contributed by atoms with E-state index in [-0.39, 0.29) is 17.6 Å². The number of aromatic nitrogens is 2. The maximum absolute atomic E-state index is 11.5. The summed E-state index contributed by atoms with van der Waals surface area (Å²) in [6, 6.07) is 3.22. The summed E-state index contributed by atoms with van der Waals surface area (Å²) in [6.45, 7) is 0.406. The number of hydrogen-bond acceptors (Lipinski definition) is 6. The highest BCUT2D eigenvalue weighted by Crippen LogP contribution is 2.08. The maximum atomic E-state index is 11.5. The van der Waals surface area contributed by atoms with Crippen molar-refractivity contribution in [3.63, 3.8) is 0 Å². The van der Waals surface area contributed by atoms with Crippen LogP contribution in [-0.4, -0.2) is 28.6 Å². The molecule has 8 heteroatoms. The smallest absolute Gasteiger partial charge is 0.286 e. The van der Waals surface area contributed by atoms with Crippen LogP contribution in [0.25, 0.3) is 0 Å². The number of hydrogen-bond donors (Lipinski definition) is 2. The second kappa shape index (κ2) is 6.64. The zero-order valence-corrected chi connectivity index (χ0v) is 10.8. The summed E-state index contributed by atoms with van der Waals surface area (Å²) in [5.41, 5.74) is 1.54. The number of carbonyl (C=O) groups excluding carboxylic acids is 2. The fourth-order valence-corrected chi connectivity index (χ4v) is 1.82. The summed E-state index contributed by atoms with van der Waals surface area (Å²) < 4.78 is 4.94. The van der Waals surface area contributed by atoms with Gasteiger partial charge in [-0.15, -0.1) is 10.2 Å². The first kappa shape index (κ1) is 13.2. The van der Waals surface area contributed by atoms with Crippen LogP contribution >= 0.6 is 11.3 Å². The molecule has 0 fully saturated rings. The normalized spacial score (nSPS) is 10.1. The fourth-order valence-electron chi connectivity index (χ4n) is 1.36. The molecule has 0 aliphatic rings. The molecule has 0 spiro atoms. The lowest BCUT2D eigenvalue weighted by Crippen LogP contribution is -2.25. The van der Waals surface area contributed by atoms with Gasteiger partial charge in [0, 0.05) is 13.0 Å². The van der Waals surface area contributed by atoms with E-state index in [1.54, 1.807) is 17.6 Å². The average molecular weight is 280 g/mol. The van der Waals surface area contributed by atoms with E-state index in [2.05, 4.69) is 20.8 Å². The van der Waals surface area contributed by atoms with Crippen LogP contribution in [-0.2, 0) is 4.79 Å². The summed E-state index contributed by atoms with van der Waals surface area (Å²) in [4.78, 5) is 23.0. The molecule has 0 unspecified atom stereocenters. The number of nitrogens with zero attached hydrogens (tertiary/aromatic N) is 2. The summed E-state index contributed by atoms with van der Waals surface area (Å²) >= 11 is 1.26. The van der Waals surface area contributed by atoms with Gasteiger partial charge in [-0.2, -0.15) is 0 Å². The van der Waals surface area contributed by atoms with E-state index in [4.69, 9.17) is 4.42 Å². The third kappa shape index (κ3) is 4.18. The van der Waals surface area contributed by atoms with Crippen LogP contribution in [0.4, 0.5) is 5.13 Å². The summed E-state index contributed by atoms with van der Waals surface area (Å²) in [5.74, 6) is -0.170. The van der Waals surface area contributed by atoms with E-state index >= 15 is 0 Å². The molecule has 0 radical (unpaired) electrons. The number of furan rings is 1. The first-order valence-electron chi connectivity index (χ1n) is 5.63. The highest BCUT2D eigenvalue weighted by Gasteiger charge is 2.08. The lowest BCUT2D eigenvalue weighted by Gasteiger charge is -2.03. The third-order valence-electron chi connectivity index (χ3n) is 2.22. The molecule has 0 saturated carbocycles. The molecule has 2 aromatic heterocycles. The Morgan fingerprint density at radius 3 is 3.00 bits per heavy atom. The molecular weight excluding hydrogens is 268 g/mol. The Morgan fingerprint density at radius 1 is 1.42 bits per heavy atom. The van der Waals surface area contributed by atoms with Gasteiger partial charge in [-0.25, -0.2) is 0 Å².